The molecule has 1 aromatic heterocycles. The Labute approximate surface area is 59.0 Å². The lowest BCUT2D eigenvalue weighted by Gasteiger charge is -1.88. The van der Waals surface area contributed by atoms with Crippen LogP contribution in [0.1, 0.15) is 18.4 Å². The molecule has 0 aromatic carbocycles. The maximum absolute atomic E-state index is 8.33. The fourth-order valence-corrected chi connectivity index (χ4v) is 0.678. The second-order valence-electron chi connectivity index (χ2n) is 2.10. The molecular formula is C7H9NO2. The molecule has 1 N–H and O–H groups in total. The van der Waals surface area contributed by atoms with E-state index in [9.17, 15) is 0 Å². The Morgan fingerprint density at radius 1 is 1.60 bits per heavy atom. The second-order valence-corrected chi connectivity index (χ2v) is 2.10. The molecule has 0 spiro atoms. The predicted octanol–water partition coefficient (Wildman–Crippen LogP) is 1.79. The lowest BCUT2D eigenvalue weighted by molar-refractivity contribution is 0.317. The third kappa shape index (κ3) is 1.18. The zero-order chi connectivity index (χ0) is 7.56. The Hall–Kier alpha value is -1.25. The van der Waals surface area contributed by atoms with Crippen molar-refractivity contribution in [1.82, 2.24) is 0 Å². The van der Waals surface area contributed by atoms with Crippen LogP contribution in [-0.4, -0.2) is 10.9 Å². The molecule has 3 heteroatoms. The molecule has 0 saturated carbocycles. The Balaban J connectivity index is 2.95. The molecule has 0 aliphatic carbocycles. The van der Waals surface area contributed by atoms with E-state index in [1.807, 2.05) is 13.0 Å². The SMILES string of the molecule is C/C(=N\O)c1ccc(C)o1. The molecule has 0 bridgehead atoms. The van der Waals surface area contributed by atoms with Crippen molar-refractivity contribution >= 4 is 5.71 Å². The molecule has 1 aromatic rings. The van der Waals surface area contributed by atoms with E-state index in [-0.39, 0.29) is 0 Å². The minimum Gasteiger partial charge on any atom is -0.460 e. The van der Waals surface area contributed by atoms with Crippen molar-refractivity contribution in [3.8, 4) is 0 Å². The number of rotatable bonds is 1. The van der Waals surface area contributed by atoms with Crippen molar-refractivity contribution in [2.24, 2.45) is 5.16 Å². The number of aryl methyl sites for hydroxylation is 1. The van der Waals surface area contributed by atoms with Crippen LogP contribution in [0.3, 0.4) is 0 Å². The van der Waals surface area contributed by atoms with Crippen LogP contribution < -0.4 is 0 Å². The summed E-state index contributed by atoms with van der Waals surface area (Å²) in [5.74, 6) is 1.43. The van der Waals surface area contributed by atoms with Gasteiger partial charge >= 0.3 is 0 Å². The van der Waals surface area contributed by atoms with E-state index in [0.29, 0.717) is 11.5 Å². The van der Waals surface area contributed by atoms with Crippen LogP contribution in [0.15, 0.2) is 21.7 Å². The first kappa shape index (κ1) is 6.86. The first-order valence-corrected chi connectivity index (χ1v) is 2.99. The highest BCUT2D eigenvalue weighted by atomic mass is 16.4. The van der Waals surface area contributed by atoms with E-state index < -0.39 is 0 Å². The summed E-state index contributed by atoms with van der Waals surface area (Å²) in [6.07, 6.45) is 0. The summed E-state index contributed by atoms with van der Waals surface area (Å²) in [7, 11) is 0. The predicted molar refractivity (Wildman–Crippen MR) is 37.4 cm³/mol. The third-order valence-corrected chi connectivity index (χ3v) is 1.25. The van der Waals surface area contributed by atoms with Gasteiger partial charge in [0.05, 0.1) is 0 Å². The van der Waals surface area contributed by atoms with Gasteiger partial charge in [0.15, 0.2) is 5.76 Å². The number of nitrogens with zero attached hydrogens (tertiary/aromatic N) is 1. The van der Waals surface area contributed by atoms with Gasteiger partial charge in [0.25, 0.3) is 0 Å². The van der Waals surface area contributed by atoms with Gasteiger partial charge in [0.1, 0.15) is 11.5 Å². The van der Waals surface area contributed by atoms with E-state index in [2.05, 4.69) is 5.16 Å². The lowest BCUT2D eigenvalue weighted by Crippen LogP contribution is -1.89. The molecule has 0 unspecified atom stereocenters. The van der Waals surface area contributed by atoms with Gasteiger partial charge in [-0.2, -0.15) is 0 Å². The molecule has 0 amide bonds. The average molecular weight is 139 g/mol. The Bertz CT molecular complexity index is 250. The Kier molecular flexibility index (Phi) is 1.76. The smallest absolute Gasteiger partial charge is 0.151 e. The Morgan fingerprint density at radius 2 is 2.30 bits per heavy atom. The summed E-state index contributed by atoms with van der Waals surface area (Å²) < 4.78 is 5.15. The van der Waals surface area contributed by atoms with Crippen molar-refractivity contribution in [2.75, 3.05) is 0 Å². The van der Waals surface area contributed by atoms with Crippen molar-refractivity contribution in [1.29, 1.82) is 0 Å². The molecule has 0 aliphatic rings. The summed E-state index contributed by atoms with van der Waals surface area (Å²) in [5, 5.41) is 11.3. The van der Waals surface area contributed by atoms with Crippen molar-refractivity contribution < 1.29 is 9.62 Å². The molecule has 1 heterocycles. The summed E-state index contributed by atoms with van der Waals surface area (Å²) in [6, 6.07) is 3.59. The molecule has 0 saturated heterocycles. The largest absolute Gasteiger partial charge is 0.460 e. The summed E-state index contributed by atoms with van der Waals surface area (Å²) in [6.45, 7) is 3.52. The number of hydrogen-bond acceptors (Lipinski definition) is 3. The maximum Gasteiger partial charge on any atom is 0.151 e. The van der Waals surface area contributed by atoms with Crippen LogP contribution in [0.4, 0.5) is 0 Å². The summed E-state index contributed by atoms with van der Waals surface area (Å²) in [4.78, 5) is 0. The van der Waals surface area contributed by atoms with Crippen LogP contribution >= 0.6 is 0 Å². The number of oxime groups is 1. The zero-order valence-electron chi connectivity index (χ0n) is 5.96. The van der Waals surface area contributed by atoms with Crippen LogP contribution in [0.5, 0.6) is 0 Å². The molecule has 0 atom stereocenters. The van der Waals surface area contributed by atoms with Crippen LogP contribution in [-0.2, 0) is 0 Å². The van der Waals surface area contributed by atoms with Gasteiger partial charge in [0, 0.05) is 0 Å². The monoisotopic (exact) mass is 139 g/mol. The van der Waals surface area contributed by atoms with E-state index in [0.717, 1.165) is 5.76 Å². The molecule has 3 nitrogen and oxygen atoms in total. The molecule has 1 rings (SSSR count). The lowest BCUT2D eigenvalue weighted by atomic mass is 10.3. The average Bonchev–Trinajstić information content (AvgIpc) is 2.34. The highest BCUT2D eigenvalue weighted by Gasteiger charge is 2.00. The van der Waals surface area contributed by atoms with E-state index >= 15 is 0 Å². The highest BCUT2D eigenvalue weighted by Crippen LogP contribution is 2.06. The molecule has 0 radical (unpaired) electrons. The first-order chi connectivity index (χ1) is 4.74. The Morgan fingerprint density at radius 3 is 2.70 bits per heavy atom. The van der Waals surface area contributed by atoms with Crippen molar-refractivity contribution in [2.45, 2.75) is 13.8 Å². The molecule has 10 heavy (non-hydrogen) atoms. The number of hydrogen-bond donors (Lipinski definition) is 1. The summed E-state index contributed by atoms with van der Waals surface area (Å²) >= 11 is 0. The van der Waals surface area contributed by atoms with E-state index in [4.69, 9.17) is 9.62 Å². The molecule has 54 valence electrons. The minimum atomic E-state index is 0.494. The molecule has 0 fully saturated rings. The van der Waals surface area contributed by atoms with Crippen LogP contribution in [0.25, 0.3) is 0 Å². The van der Waals surface area contributed by atoms with Crippen LogP contribution in [0, 0.1) is 6.92 Å². The van der Waals surface area contributed by atoms with E-state index in [1.165, 1.54) is 0 Å². The molecular weight excluding hydrogens is 130 g/mol. The topological polar surface area (TPSA) is 45.7 Å². The van der Waals surface area contributed by atoms with Gasteiger partial charge in [-0.25, -0.2) is 0 Å². The van der Waals surface area contributed by atoms with Gasteiger partial charge in [-0.3, -0.25) is 0 Å². The fraction of sp³-hybridized carbons (Fsp3) is 0.286. The quantitative estimate of drug-likeness (QED) is 0.366. The fourth-order valence-electron chi connectivity index (χ4n) is 0.678. The normalized spacial score (nSPS) is 12.0. The highest BCUT2D eigenvalue weighted by molar-refractivity contribution is 5.95. The number of furan rings is 1. The van der Waals surface area contributed by atoms with Crippen LogP contribution in [0.2, 0.25) is 0 Å². The maximum atomic E-state index is 8.33. The minimum absolute atomic E-state index is 0.494. The van der Waals surface area contributed by atoms with Gasteiger partial charge in [-0.1, -0.05) is 5.16 Å². The van der Waals surface area contributed by atoms with Gasteiger partial charge in [-0.15, -0.1) is 0 Å². The van der Waals surface area contributed by atoms with Gasteiger partial charge in [-0.05, 0) is 26.0 Å². The zero-order valence-corrected chi connectivity index (χ0v) is 5.96. The van der Waals surface area contributed by atoms with Gasteiger partial charge in [0.2, 0.25) is 0 Å². The third-order valence-electron chi connectivity index (χ3n) is 1.25. The second kappa shape index (κ2) is 2.56. The standard InChI is InChI=1S/C7H9NO2/c1-5-3-4-7(10-5)6(2)8-9/h3-4,9H,1-2H3/b8-6+. The molecule has 0 aliphatic heterocycles. The van der Waals surface area contributed by atoms with Crippen molar-refractivity contribution in [3.05, 3.63) is 23.7 Å². The van der Waals surface area contributed by atoms with Gasteiger partial charge < -0.3 is 9.62 Å². The van der Waals surface area contributed by atoms with Crippen molar-refractivity contribution in [3.63, 3.8) is 0 Å². The first-order valence-electron chi connectivity index (χ1n) is 2.99. The van der Waals surface area contributed by atoms with E-state index in [1.54, 1.807) is 13.0 Å². The summed E-state index contributed by atoms with van der Waals surface area (Å²) in [5.41, 5.74) is 0.494.